The number of aryl methyl sites for hydroxylation is 4. The van der Waals surface area contributed by atoms with Crippen LogP contribution in [-0.2, 0) is 25.7 Å². The number of hydrogen-bond donors (Lipinski definition) is 3. The van der Waals surface area contributed by atoms with Crippen molar-refractivity contribution in [2.75, 3.05) is 7.05 Å². The highest BCUT2D eigenvalue weighted by molar-refractivity contribution is 5.54. The maximum absolute atomic E-state index is 11.5. The SMILES string of the molecule is CCCCCc1cc(CCCCC)c(O)c(C(NC)c2cc(CCCCC)cc(CCCCC)c2O)c1. The van der Waals surface area contributed by atoms with Gasteiger partial charge in [0.25, 0.3) is 0 Å². The number of rotatable bonds is 19. The molecule has 2 aromatic carbocycles. The number of phenolic OH excluding ortho intramolecular Hbond substituents is 2. The molecule has 0 unspecified atom stereocenters. The van der Waals surface area contributed by atoms with Crippen molar-refractivity contribution in [1.82, 2.24) is 5.32 Å². The topological polar surface area (TPSA) is 52.5 Å². The zero-order valence-corrected chi connectivity index (χ0v) is 24.6. The molecule has 0 fully saturated rings. The van der Waals surface area contributed by atoms with Gasteiger partial charge in [-0.3, -0.25) is 0 Å². The maximum Gasteiger partial charge on any atom is 0.123 e. The van der Waals surface area contributed by atoms with Gasteiger partial charge in [-0.15, -0.1) is 0 Å². The van der Waals surface area contributed by atoms with Crippen molar-refractivity contribution >= 4 is 0 Å². The number of aromatic hydroxyl groups is 2. The predicted octanol–water partition coefficient (Wildman–Crippen LogP) is 9.34. The van der Waals surface area contributed by atoms with Crippen molar-refractivity contribution in [3.8, 4) is 11.5 Å². The quantitative estimate of drug-likeness (QED) is 0.165. The van der Waals surface area contributed by atoms with E-state index in [1.165, 1.54) is 75.3 Å². The molecule has 2 rings (SSSR count). The molecule has 3 nitrogen and oxygen atoms in total. The summed E-state index contributed by atoms with van der Waals surface area (Å²) in [6.07, 6.45) is 17.9. The van der Waals surface area contributed by atoms with E-state index in [1.807, 2.05) is 7.05 Å². The van der Waals surface area contributed by atoms with E-state index in [0.717, 1.165) is 60.8 Å². The summed E-state index contributed by atoms with van der Waals surface area (Å²) >= 11 is 0. The van der Waals surface area contributed by atoms with E-state index in [-0.39, 0.29) is 6.04 Å². The van der Waals surface area contributed by atoms with Gasteiger partial charge in [-0.1, -0.05) is 103 Å². The highest BCUT2D eigenvalue weighted by Gasteiger charge is 2.24. The number of hydrogen-bond acceptors (Lipinski definition) is 3. The summed E-state index contributed by atoms with van der Waals surface area (Å²) in [6.45, 7) is 8.92. The van der Waals surface area contributed by atoms with Crippen LogP contribution in [0.1, 0.15) is 144 Å². The first kappa shape index (κ1) is 31.2. The third-order valence-corrected chi connectivity index (χ3v) is 7.70. The van der Waals surface area contributed by atoms with Crippen LogP contribution in [0.5, 0.6) is 11.5 Å². The van der Waals surface area contributed by atoms with E-state index >= 15 is 0 Å². The molecule has 0 amide bonds. The molecular formula is C34H55NO2. The average Bonchev–Trinajstić information content (AvgIpc) is 2.89. The van der Waals surface area contributed by atoms with E-state index in [1.54, 1.807) is 0 Å². The van der Waals surface area contributed by atoms with Gasteiger partial charge in [-0.2, -0.15) is 0 Å². The summed E-state index contributed by atoms with van der Waals surface area (Å²) in [5.41, 5.74) is 6.52. The molecule has 0 aliphatic heterocycles. The van der Waals surface area contributed by atoms with Crippen LogP contribution in [-0.4, -0.2) is 17.3 Å². The molecular weight excluding hydrogens is 454 g/mol. The predicted molar refractivity (Wildman–Crippen MR) is 160 cm³/mol. The molecule has 0 spiro atoms. The lowest BCUT2D eigenvalue weighted by Crippen LogP contribution is -2.19. The zero-order chi connectivity index (χ0) is 27.0. The summed E-state index contributed by atoms with van der Waals surface area (Å²) in [4.78, 5) is 0. The van der Waals surface area contributed by atoms with Crippen LogP contribution in [0.3, 0.4) is 0 Å². The Morgan fingerprint density at radius 3 is 1.22 bits per heavy atom. The van der Waals surface area contributed by atoms with Crippen LogP contribution in [0.15, 0.2) is 24.3 Å². The van der Waals surface area contributed by atoms with E-state index in [4.69, 9.17) is 0 Å². The third kappa shape index (κ3) is 9.67. The van der Waals surface area contributed by atoms with Gasteiger partial charge in [0.2, 0.25) is 0 Å². The van der Waals surface area contributed by atoms with E-state index in [2.05, 4.69) is 57.3 Å². The minimum absolute atomic E-state index is 0.243. The minimum Gasteiger partial charge on any atom is -0.507 e. The molecule has 0 atom stereocenters. The Kier molecular flexibility index (Phi) is 14.8. The van der Waals surface area contributed by atoms with Crippen molar-refractivity contribution in [3.05, 3.63) is 57.6 Å². The first-order chi connectivity index (χ1) is 18.0. The normalized spacial score (nSPS) is 11.5. The molecule has 0 aliphatic rings. The molecule has 37 heavy (non-hydrogen) atoms. The summed E-state index contributed by atoms with van der Waals surface area (Å²) < 4.78 is 0. The van der Waals surface area contributed by atoms with E-state index < -0.39 is 0 Å². The van der Waals surface area contributed by atoms with Crippen LogP contribution in [0.25, 0.3) is 0 Å². The minimum atomic E-state index is -0.243. The van der Waals surface area contributed by atoms with Crippen molar-refractivity contribution < 1.29 is 10.2 Å². The fraction of sp³-hybridized carbons (Fsp3) is 0.647. The Hall–Kier alpha value is -2.00. The molecule has 0 radical (unpaired) electrons. The summed E-state index contributed by atoms with van der Waals surface area (Å²) in [5.74, 6) is 0.802. The third-order valence-electron chi connectivity index (χ3n) is 7.70. The molecule has 3 N–H and O–H groups in total. The lowest BCUT2D eigenvalue weighted by atomic mass is 9.87. The number of nitrogens with one attached hydrogen (secondary N) is 1. The second-order valence-corrected chi connectivity index (χ2v) is 10.9. The van der Waals surface area contributed by atoms with Gasteiger partial charge < -0.3 is 15.5 Å². The number of unbranched alkanes of at least 4 members (excludes halogenated alkanes) is 8. The fourth-order valence-electron chi connectivity index (χ4n) is 5.45. The molecule has 0 saturated carbocycles. The molecule has 0 bridgehead atoms. The summed E-state index contributed by atoms with van der Waals surface area (Å²) in [6, 6.07) is 8.60. The van der Waals surface area contributed by atoms with E-state index in [0.29, 0.717) is 11.5 Å². The van der Waals surface area contributed by atoms with Gasteiger partial charge in [0.05, 0.1) is 6.04 Å². The Balaban J connectivity index is 2.55. The lowest BCUT2D eigenvalue weighted by Gasteiger charge is -2.24. The van der Waals surface area contributed by atoms with Crippen LogP contribution < -0.4 is 5.32 Å². The zero-order valence-electron chi connectivity index (χ0n) is 24.6. The van der Waals surface area contributed by atoms with Gasteiger partial charge in [0, 0.05) is 11.1 Å². The van der Waals surface area contributed by atoms with Gasteiger partial charge in [-0.05, 0) is 80.7 Å². The number of phenols is 2. The molecule has 0 saturated heterocycles. The smallest absolute Gasteiger partial charge is 0.123 e. The first-order valence-electron chi connectivity index (χ1n) is 15.4. The van der Waals surface area contributed by atoms with Crippen molar-refractivity contribution in [2.45, 2.75) is 136 Å². The Bertz CT molecular complexity index is 847. The molecule has 3 heteroatoms. The van der Waals surface area contributed by atoms with Gasteiger partial charge in [-0.25, -0.2) is 0 Å². The van der Waals surface area contributed by atoms with Crippen molar-refractivity contribution in [3.63, 3.8) is 0 Å². The first-order valence-corrected chi connectivity index (χ1v) is 15.4. The van der Waals surface area contributed by atoms with Gasteiger partial charge in [0.1, 0.15) is 11.5 Å². The average molecular weight is 510 g/mol. The second kappa shape index (κ2) is 17.5. The van der Waals surface area contributed by atoms with Crippen molar-refractivity contribution in [2.24, 2.45) is 0 Å². The van der Waals surface area contributed by atoms with Crippen LogP contribution >= 0.6 is 0 Å². The summed E-state index contributed by atoms with van der Waals surface area (Å²) in [5, 5.41) is 26.5. The van der Waals surface area contributed by atoms with Crippen LogP contribution in [0.4, 0.5) is 0 Å². The monoisotopic (exact) mass is 509 g/mol. The fourth-order valence-corrected chi connectivity index (χ4v) is 5.45. The van der Waals surface area contributed by atoms with E-state index in [9.17, 15) is 10.2 Å². The molecule has 208 valence electrons. The Morgan fingerprint density at radius 2 is 0.892 bits per heavy atom. The standard InChI is InChI=1S/C34H55NO2/c1-6-10-14-18-26-22-28(20-16-12-8-3)33(36)30(24-26)32(35-5)31-25-27(19-15-11-7-2)23-29(34(31)37)21-17-13-9-4/h22-25,32,35-37H,6-21H2,1-5H3. The molecule has 0 aromatic heterocycles. The van der Waals surface area contributed by atoms with Crippen molar-refractivity contribution in [1.29, 1.82) is 0 Å². The largest absolute Gasteiger partial charge is 0.507 e. The highest BCUT2D eigenvalue weighted by Crippen LogP contribution is 2.40. The van der Waals surface area contributed by atoms with Gasteiger partial charge >= 0.3 is 0 Å². The second-order valence-electron chi connectivity index (χ2n) is 10.9. The van der Waals surface area contributed by atoms with Crippen LogP contribution in [0.2, 0.25) is 0 Å². The molecule has 0 aliphatic carbocycles. The maximum atomic E-state index is 11.5. The number of benzene rings is 2. The Morgan fingerprint density at radius 1 is 0.541 bits per heavy atom. The highest BCUT2D eigenvalue weighted by atomic mass is 16.3. The van der Waals surface area contributed by atoms with Crippen LogP contribution in [0, 0.1) is 0 Å². The Labute approximate surface area is 228 Å². The van der Waals surface area contributed by atoms with Gasteiger partial charge in [0.15, 0.2) is 0 Å². The molecule has 2 aromatic rings. The summed E-state index contributed by atoms with van der Waals surface area (Å²) in [7, 11) is 1.95. The lowest BCUT2D eigenvalue weighted by molar-refractivity contribution is 0.438. The molecule has 0 heterocycles.